The van der Waals surface area contributed by atoms with Crippen LogP contribution >= 0.6 is 0 Å². The van der Waals surface area contributed by atoms with Crippen molar-refractivity contribution >= 4 is 10.1 Å². The number of hydrogen-bond donors (Lipinski definition) is 0. The molecule has 1 aliphatic carbocycles. The Labute approximate surface area is 122 Å². The summed E-state index contributed by atoms with van der Waals surface area (Å²) < 4.78 is 29.1. The fourth-order valence-corrected chi connectivity index (χ4v) is 3.73. The molecule has 3 nitrogen and oxygen atoms in total. The van der Waals surface area contributed by atoms with Gasteiger partial charge in [0.15, 0.2) is 0 Å². The Bertz CT molecular complexity index is 499. The van der Waals surface area contributed by atoms with Gasteiger partial charge < -0.3 is 0 Å². The zero-order valence-electron chi connectivity index (χ0n) is 12.2. The molecule has 0 radical (unpaired) electrons. The summed E-state index contributed by atoms with van der Waals surface area (Å²) >= 11 is 0. The summed E-state index contributed by atoms with van der Waals surface area (Å²) in [6.07, 6.45) is 8.52. The first-order valence-electron chi connectivity index (χ1n) is 7.54. The minimum Gasteiger partial charge on any atom is -0.266 e. The Morgan fingerprint density at radius 3 is 2.40 bits per heavy atom. The predicted molar refractivity (Wildman–Crippen MR) is 80.1 cm³/mol. The lowest BCUT2D eigenvalue weighted by atomic mass is 9.86. The quantitative estimate of drug-likeness (QED) is 0.587. The van der Waals surface area contributed by atoms with Crippen molar-refractivity contribution in [1.29, 1.82) is 0 Å². The fourth-order valence-electron chi connectivity index (χ4n) is 2.79. The van der Waals surface area contributed by atoms with Crippen LogP contribution in [0.25, 0.3) is 0 Å². The van der Waals surface area contributed by atoms with Crippen LogP contribution in [0.5, 0.6) is 0 Å². The van der Waals surface area contributed by atoms with Crippen LogP contribution in [-0.4, -0.2) is 15.0 Å². The molecular formula is C16H24O3S. The van der Waals surface area contributed by atoms with Crippen molar-refractivity contribution in [2.75, 3.05) is 6.61 Å². The first-order valence-corrected chi connectivity index (χ1v) is 8.95. The van der Waals surface area contributed by atoms with Gasteiger partial charge in [0.1, 0.15) is 0 Å². The summed E-state index contributed by atoms with van der Waals surface area (Å²) in [5.74, 6) is 0.773. The van der Waals surface area contributed by atoms with Crippen molar-refractivity contribution in [3.63, 3.8) is 0 Å². The fraction of sp³-hybridized carbons (Fsp3) is 0.625. The number of hydrogen-bond acceptors (Lipinski definition) is 3. The number of rotatable bonds is 6. The van der Waals surface area contributed by atoms with E-state index in [0.29, 0.717) is 6.61 Å². The van der Waals surface area contributed by atoms with E-state index in [1.54, 1.807) is 24.3 Å². The van der Waals surface area contributed by atoms with Gasteiger partial charge in [0.25, 0.3) is 10.1 Å². The van der Waals surface area contributed by atoms with Gasteiger partial charge in [-0.05, 0) is 37.8 Å². The minimum atomic E-state index is -3.58. The highest BCUT2D eigenvalue weighted by Gasteiger charge is 2.16. The Hall–Kier alpha value is -0.870. The standard InChI is InChI=1S/C16H24O3S/c1-14-9-11-16(12-10-14)20(17,18)19-13-5-8-15-6-3-2-4-7-15/h9-12,15H,2-8,13H2,1H3. The molecule has 0 aromatic heterocycles. The summed E-state index contributed by atoms with van der Waals surface area (Å²) in [5, 5.41) is 0. The van der Waals surface area contributed by atoms with E-state index in [0.717, 1.165) is 24.3 Å². The van der Waals surface area contributed by atoms with Crippen molar-refractivity contribution in [3.05, 3.63) is 29.8 Å². The van der Waals surface area contributed by atoms with Gasteiger partial charge in [-0.15, -0.1) is 0 Å². The minimum absolute atomic E-state index is 0.251. The van der Waals surface area contributed by atoms with Crippen molar-refractivity contribution in [3.8, 4) is 0 Å². The maximum absolute atomic E-state index is 12.0. The lowest BCUT2D eigenvalue weighted by Crippen LogP contribution is -2.10. The maximum Gasteiger partial charge on any atom is 0.296 e. The highest BCUT2D eigenvalue weighted by atomic mass is 32.2. The second-order valence-corrected chi connectivity index (χ2v) is 7.35. The highest BCUT2D eigenvalue weighted by molar-refractivity contribution is 7.86. The summed E-state index contributed by atoms with van der Waals surface area (Å²) in [7, 11) is -3.58. The van der Waals surface area contributed by atoms with Crippen LogP contribution < -0.4 is 0 Å². The molecule has 0 N–H and O–H groups in total. The second-order valence-electron chi connectivity index (χ2n) is 5.74. The van der Waals surface area contributed by atoms with Gasteiger partial charge in [0.2, 0.25) is 0 Å². The molecule has 112 valence electrons. The van der Waals surface area contributed by atoms with E-state index in [9.17, 15) is 8.42 Å². The van der Waals surface area contributed by atoms with Crippen LogP contribution in [0.15, 0.2) is 29.2 Å². The molecule has 0 saturated heterocycles. The van der Waals surface area contributed by atoms with Gasteiger partial charge in [-0.25, -0.2) is 0 Å². The third-order valence-electron chi connectivity index (χ3n) is 4.03. The van der Waals surface area contributed by atoms with Crippen LogP contribution in [-0.2, 0) is 14.3 Å². The lowest BCUT2D eigenvalue weighted by Gasteiger charge is -2.21. The smallest absolute Gasteiger partial charge is 0.266 e. The van der Waals surface area contributed by atoms with E-state index in [-0.39, 0.29) is 4.90 Å². The molecule has 0 spiro atoms. The zero-order valence-corrected chi connectivity index (χ0v) is 13.0. The topological polar surface area (TPSA) is 43.4 Å². The summed E-state index contributed by atoms with van der Waals surface area (Å²) in [6.45, 7) is 2.23. The molecular weight excluding hydrogens is 272 g/mol. The van der Waals surface area contributed by atoms with Crippen molar-refractivity contribution < 1.29 is 12.6 Å². The molecule has 1 fully saturated rings. The Morgan fingerprint density at radius 2 is 1.75 bits per heavy atom. The van der Waals surface area contributed by atoms with Crippen LogP contribution in [0.3, 0.4) is 0 Å². The summed E-state index contributed by atoms with van der Waals surface area (Å²) in [5.41, 5.74) is 1.04. The van der Waals surface area contributed by atoms with E-state index < -0.39 is 10.1 Å². The van der Waals surface area contributed by atoms with Gasteiger partial charge in [0.05, 0.1) is 11.5 Å². The monoisotopic (exact) mass is 296 g/mol. The molecule has 1 saturated carbocycles. The molecule has 1 aromatic rings. The normalized spacial score (nSPS) is 17.2. The van der Waals surface area contributed by atoms with Crippen LogP contribution in [0.1, 0.15) is 50.5 Å². The molecule has 0 bridgehead atoms. The van der Waals surface area contributed by atoms with Crippen molar-refractivity contribution in [2.45, 2.75) is 56.8 Å². The second kappa shape index (κ2) is 7.23. The van der Waals surface area contributed by atoms with E-state index in [2.05, 4.69) is 0 Å². The predicted octanol–water partition coefficient (Wildman–Crippen LogP) is 4.06. The van der Waals surface area contributed by atoms with Gasteiger partial charge in [-0.2, -0.15) is 8.42 Å². The number of aryl methyl sites for hydroxylation is 1. The molecule has 0 unspecified atom stereocenters. The van der Waals surface area contributed by atoms with Gasteiger partial charge in [0, 0.05) is 0 Å². The molecule has 0 atom stereocenters. The van der Waals surface area contributed by atoms with Gasteiger partial charge in [-0.3, -0.25) is 4.18 Å². The molecule has 20 heavy (non-hydrogen) atoms. The average Bonchev–Trinajstić information content (AvgIpc) is 2.45. The average molecular weight is 296 g/mol. The zero-order chi connectivity index (χ0) is 14.4. The van der Waals surface area contributed by atoms with Crippen LogP contribution in [0.2, 0.25) is 0 Å². The Kier molecular flexibility index (Phi) is 5.61. The maximum atomic E-state index is 12.0. The van der Waals surface area contributed by atoms with Crippen molar-refractivity contribution in [1.82, 2.24) is 0 Å². The van der Waals surface area contributed by atoms with E-state index in [1.807, 2.05) is 6.92 Å². The van der Waals surface area contributed by atoms with Crippen molar-refractivity contribution in [2.24, 2.45) is 5.92 Å². The number of benzene rings is 1. The summed E-state index contributed by atoms with van der Waals surface area (Å²) in [6, 6.07) is 6.79. The van der Waals surface area contributed by atoms with Crippen LogP contribution in [0, 0.1) is 12.8 Å². The molecule has 0 heterocycles. The van der Waals surface area contributed by atoms with Gasteiger partial charge in [-0.1, -0.05) is 49.8 Å². The first kappa shape index (κ1) is 15.5. The molecule has 2 rings (SSSR count). The van der Waals surface area contributed by atoms with Crippen LogP contribution in [0.4, 0.5) is 0 Å². The Morgan fingerprint density at radius 1 is 1.10 bits per heavy atom. The molecule has 1 aromatic carbocycles. The van der Waals surface area contributed by atoms with E-state index >= 15 is 0 Å². The Balaban J connectivity index is 1.76. The molecule has 0 aliphatic heterocycles. The summed E-state index contributed by atoms with van der Waals surface area (Å²) in [4.78, 5) is 0.251. The third-order valence-corrected chi connectivity index (χ3v) is 5.36. The molecule has 0 amide bonds. The molecule has 4 heteroatoms. The van der Waals surface area contributed by atoms with E-state index in [4.69, 9.17) is 4.18 Å². The lowest BCUT2D eigenvalue weighted by molar-refractivity contribution is 0.272. The SMILES string of the molecule is Cc1ccc(S(=O)(=O)OCCCC2CCCCC2)cc1. The van der Waals surface area contributed by atoms with Gasteiger partial charge >= 0.3 is 0 Å². The van der Waals surface area contributed by atoms with E-state index in [1.165, 1.54) is 32.1 Å². The largest absolute Gasteiger partial charge is 0.296 e. The first-order chi connectivity index (χ1) is 9.58. The third kappa shape index (κ3) is 4.60. The molecule has 1 aliphatic rings. The highest BCUT2D eigenvalue weighted by Crippen LogP contribution is 2.27.